The number of amides is 1. The van der Waals surface area contributed by atoms with Crippen LogP contribution in [0.2, 0.25) is 0 Å². The Morgan fingerprint density at radius 3 is 2.89 bits per heavy atom. The standard InChI is InChI=1S/C12H13BrN4O2/c1-7(2)19-10-5-8(13)3-4-9(10)11(18)16-12-14-6-15-17-12/h3-7H,1-2H3,(H2,14,15,16,17,18). The second-order valence-corrected chi connectivity index (χ2v) is 5.01. The van der Waals surface area contributed by atoms with Crippen LogP contribution in [-0.2, 0) is 0 Å². The Labute approximate surface area is 118 Å². The van der Waals surface area contributed by atoms with Gasteiger partial charge in [-0.05, 0) is 32.0 Å². The molecule has 1 aromatic heterocycles. The zero-order valence-electron chi connectivity index (χ0n) is 10.5. The summed E-state index contributed by atoms with van der Waals surface area (Å²) in [7, 11) is 0. The van der Waals surface area contributed by atoms with Crippen LogP contribution in [-0.4, -0.2) is 27.2 Å². The Kier molecular flexibility index (Phi) is 4.16. The van der Waals surface area contributed by atoms with E-state index in [0.717, 1.165) is 4.47 Å². The van der Waals surface area contributed by atoms with Gasteiger partial charge in [0.15, 0.2) is 0 Å². The highest BCUT2D eigenvalue weighted by Crippen LogP contribution is 2.25. The summed E-state index contributed by atoms with van der Waals surface area (Å²) in [4.78, 5) is 16.0. The smallest absolute Gasteiger partial charge is 0.261 e. The Balaban J connectivity index is 2.25. The van der Waals surface area contributed by atoms with Gasteiger partial charge in [-0.15, -0.1) is 0 Å². The molecule has 2 rings (SSSR count). The molecule has 0 aliphatic rings. The first-order valence-corrected chi connectivity index (χ1v) is 6.48. The summed E-state index contributed by atoms with van der Waals surface area (Å²) >= 11 is 3.36. The van der Waals surface area contributed by atoms with Gasteiger partial charge in [0.25, 0.3) is 5.91 Å². The summed E-state index contributed by atoms with van der Waals surface area (Å²) < 4.78 is 6.48. The number of ether oxygens (including phenoxy) is 1. The van der Waals surface area contributed by atoms with Crippen molar-refractivity contribution in [1.82, 2.24) is 15.2 Å². The van der Waals surface area contributed by atoms with Crippen molar-refractivity contribution >= 4 is 27.8 Å². The second-order valence-electron chi connectivity index (χ2n) is 4.10. The van der Waals surface area contributed by atoms with Gasteiger partial charge >= 0.3 is 0 Å². The van der Waals surface area contributed by atoms with Crippen LogP contribution in [0.5, 0.6) is 5.75 Å². The summed E-state index contributed by atoms with van der Waals surface area (Å²) in [5.41, 5.74) is 0.438. The summed E-state index contributed by atoms with van der Waals surface area (Å²) in [6, 6.07) is 5.23. The number of carbonyl (C=O) groups excluding carboxylic acids is 1. The molecule has 2 aromatic rings. The molecule has 0 radical (unpaired) electrons. The van der Waals surface area contributed by atoms with E-state index >= 15 is 0 Å². The third-order valence-corrected chi connectivity index (χ3v) is 2.69. The molecule has 19 heavy (non-hydrogen) atoms. The predicted octanol–water partition coefficient (Wildman–Crippen LogP) is 2.61. The van der Waals surface area contributed by atoms with Crippen molar-refractivity contribution in [2.24, 2.45) is 0 Å². The molecule has 0 bridgehead atoms. The van der Waals surface area contributed by atoms with E-state index in [1.54, 1.807) is 18.2 Å². The molecule has 2 N–H and O–H groups in total. The van der Waals surface area contributed by atoms with Gasteiger partial charge in [-0.1, -0.05) is 15.9 Å². The first kappa shape index (κ1) is 13.5. The lowest BCUT2D eigenvalue weighted by atomic mass is 10.2. The van der Waals surface area contributed by atoms with E-state index in [2.05, 4.69) is 36.4 Å². The number of hydrogen-bond acceptors (Lipinski definition) is 4. The lowest BCUT2D eigenvalue weighted by Crippen LogP contribution is -2.16. The summed E-state index contributed by atoms with van der Waals surface area (Å²) in [5, 5.41) is 8.84. The first-order valence-electron chi connectivity index (χ1n) is 5.69. The maximum Gasteiger partial charge on any atom is 0.261 e. The molecule has 100 valence electrons. The van der Waals surface area contributed by atoms with E-state index in [9.17, 15) is 4.79 Å². The number of anilines is 1. The minimum absolute atomic E-state index is 0.0221. The number of halogens is 1. The lowest BCUT2D eigenvalue weighted by molar-refractivity contribution is 0.102. The van der Waals surface area contributed by atoms with Crippen LogP contribution in [0.1, 0.15) is 24.2 Å². The number of hydrogen-bond donors (Lipinski definition) is 2. The molecule has 0 spiro atoms. The van der Waals surface area contributed by atoms with E-state index < -0.39 is 0 Å². The lowest BCUT2D eigenvalue weighted by Gasteiger charge is -2.14. The highest BCUT2D eigenvalue weighted by atomic mass is 79.9. The van der Waals surface area contributed by atoms with E-state index in [1.165, 1.54) is 6.33 Å². The molecule has 0 fully saturated rings. The van der Waals surface area contributed by atoms with Crippen molar-refractivity contribution in [3.05, 3.63) is 34.6 Å². The molecule has 0 unspecified atom stereocenters. The molecule has 7 heteroatoms. The number of nitrogens with zero attached hydrogens (tertiary/aromatic N) is 2. The van der Waals surface area contributed by atoms with Crippen LogP contribution in [0.3, 0.4) is 0 Å². The molecular weight excluding hydrogens is 312 g/mol. The van der Waals surface area contributed by atoms with Gasteiger partial charge < -0.3 is 4.74 Å². The van der Waals surface area contributed by atoms with Gasteiger partial charge in [0.05, 0.1) is 11.7 Å². The van der Waals surface area contributed by atoms with Gasteiger partial charge in [0, 0.05) is 4.47 Å². The summed E-state index contributed by atoms with van der Waals surface area (Å²) in [6.45, 7) is 3.80. The second kappa shape index (κ2) is 5.83. The third kappa shape index (κ3) is 3.54. The fourth-order valence-corrected chi connectivity index (χ4v) is 1.82. The third-order valence-electron chi connectivity index (χ3n) is 2.20. The van der Waals surface area contributed by atoms with Gasteiger partial charge in [-0.3, -0.25) is 10.1 Å². The number of rotatable bonds is 4. The molecule has 0 saturated carbocycles. The highest BCUT2D eigenvalue weighted by Gasteiger charge is 2.15. The van der Waals surface area contributed by atoms with E-state index in [-0.39, 0.29) is 12.0 Å². The maximum atomic E-state index is 12.1. The van der Waals surface area contributed by atoms with Crippen LogP contribution < -0.4 is 10.1 Å². The van der Waals surface area contributed by atoms with Crippen LogP contribution in [0, 0.1) is 0 Å². The number of benzene rings is 1. The molecule has 0 atom stereocenters. The molecule has 1 heterocycles. The van der Waals surface area contributed by atoms with Gasteiger partial charge in [0.2, 0.25) is 5.95 Å². The molecule has 6 nitrogen and oxygen atoms in total. The van der Waals surface area contributed by atoms with Gasteiger partial charge in [-0.2, -0.15) is 10.1 Å². The monoisotopic (exact) mass is 324 g/mol. The minimum atomic E-state index is -0.306. The minimum Gasteiger partial charge on any atom is -0.490 e. The van der Waals surface area contributed by atoms with Crippen molar-refractivity contribution in [2.75, 3.05) is 5.32 Å². The van der Waals surface area contributed by atoms with Crippen LogP contribution in [0.4, 0.5) is 5.95 Å². The SMILES string of the molecule is CC(C)Oc1cc(Br)ccc1C(=O)Nc1ncn[nH]1. The summed E-state index contributed by atoms with van der Waals surface area (Å²) in [6.07, 6.45) is 1.30. The van der Waals surface area contributed by atoms with Crippen LogP contribution >= 0.6 is 15.9 Å². The number of aromatic amines is 1. The number of aromatic nitrogens is 3. The van der Waals surface area contributed by atoms with Gasteiger partial charge in [0.1, 0.15) is 12.1 Å². The van der Waals surface area contributed by atoms with E-state index in [4.69, 9.17) is 4.74 Å². The normalized spacial score (nSPS) is 10.5. The van der Waals surface area contributed by atoms with E-state index in [0.29, 0.717) is 17.3 Å². The van der Waals surface area contributed by atoms with Crippen LogP contribution in [0.15, 0.2) is 29.0 Å². The Morgan fingerprint density at radius 2 is 2.26 bits per heavy atom. The van der Waals surface area contributed by atoms with E-state index in [1.807, 2.05) is 13.8 Å². The highest BCUT2D eigenvalue weighted by molar-refractivity contribution is 9.10. The van der Waals surface area contributed by atoms with Crippen molar-refractivity contribution in [3.8, 4) is 5.75 Å². The van der Waals surface area contributed by atoms with Crippen molar-refractivity contribution in [1.29, 1.82) is 0 Å². The zero-order chi connectivity index (χ0) is 13.8. The molecule has 0 saturated heterocycles. The zero-order valence-corrected chi connectivity index (χ0v) is 12.1. The van der Waals surface area contributed by atoms with Crippen molar-refractivity contribution in [2.45, 2.75) is 20.0 Å². The molecule has 1 amide bonds. The predicted molar refractivity (Wildman–Crippen MR) is 74.2 cm³/mol. The maximum absolute atomic E-state index is 12.1. The fraction of sp³-hybridized carbons (Fsp3) is 0.250. The molecule has 1 aromatic carbocycles. The fourth-order valence-electron chi connectivity index (χ4n) is 1.48. The van der Waals surface area contributed by atoms with Crippen molar-refractivity contribution in [3.63, 3.8) is 0 Å². The molecular formula is C12H13BrN4O2. The Bertz CT molecular complexity index is 569. The first-order chi connectivity index (χ1) is 9.06. The molecule has 0 aliphatic heterocycles. The number of H-pyrrole nitrogens is 1. The largest absolute Gasteiger partial charge is 0.490 e. The number of nitrogens with one attached hydrogen (secondary N) is 2. The Hall–Kier alpha value is -1.89. The summed E-state index contributed by atoms with van der Waals surface area (Å²) in [5.74, 6) is 0.504. The number of carbonyl (C=O) groups is 1. The van der Waals surface area contributed by atoms with Crippen LogP contribution in [0.25, 0.3) is 0 Å². The molecule has 0 aliphatic carbocycles. The Morgan fingerprint density at radius 1 is 1.47 bits per heavy atom. The average molecular weight is 325 g/mol. The topological polar surface area (TPSA) is 79.9 Å². The quantitative estimate of drug-likeness (QED) is 0.905. The average Bonchev–Trinajstić information content (AvgIpc) is 2.80. The van der Waals surface area contributed by atoms with Crippen molar-refractivity contribution < 1.29 is 9.53 Å². The van der Waals surface area contributed by atoms with Gasteiger partial charge in [-0.25, -0.2) is 5.10 Å².